The first-order valence-corrected chi connectivity index (χ1v) is 14.8. The number of fused-ring (bicyclic) bond motifs is 2. The summed E-state index contributed by atoms with van der Waals surface area (Å²) in [5.41, 5.74) is 1.69. The molecule has 0 aromatic carbocycles. The van der Waals surface area contributed by atoms with Gasteiger partial charge in [-0.05, 0) is 41.2 Å². The van der Waals surface area contributed by atoms with E-state index >= 15 is 0 Å². The van der Waals surface area contributed by atoms with E-state index < -0.39 is 23.1 Å². The summed E-state index contributed by atoms with van der Waals surface area (Å²) in [6, 6.07) is 0. The number of carbonyl (C=O) groups is 2. The zero-order valence-corrected chi connectivity index (χ0v) is 25.6. The van der Waals surface area contributed by atoms with Crippen molar-refractivity contribution in [2.24, 2.45) is 40.9 Å². The Morgan fingerprint density at radius 3 is 1.36 bits per heavy atom. The summed E-state index contributed by atoms with van der Waals surface area (Å²) in [6.07, 6.45) is 17.8. The molecule has 0 saturated carbocycles. The van der Waals surface area contributed by atoms with Gasteiger partial charge in [-0.15, -0.1) is 0 Å². The molecule has 4 aliphatic rings. The molecule has 0 aromatic heterocycles. The Morgan fingerprint density at radius 2 is 1.05 bits per heavy atom. The molecule has 4 aliphatic carbocycles. The Bertz CT molecular complexity index is 1110. The Kier molecular flexibility index (Phi) is 7.84. The first kappa shape index (κ1) is 29.4. The molecule has 0 aromatic rings. The first-order chi connectivity index (χ1) is 18.1. The quantitative estimate of drug-likeness (QED) is 0.234. The van der Waals surface area contributed by atoms with Crippen LogP contribution >= 0.6 is 0 Å². The van der Waals surface area contributed by atoms with Crippen LogP contribution in [0.15, 0.2) is 70.9 Å². The summed E-state index contributed by atoms with van der Waals surface area (Å²) in [4.78, 5) is 28.3. The molecule has 212 valence electrons. The molecule has 0 aliphatic heterocycles. The molecular formula is C35H48O4. The molecular weight excluding hydrogens is 484 g/mol. The van der Waals surface area contributed by atoms with Gasteiger partial charge in [-0.25, -0.2) is 9.59 Å². The molecule has 4 nitrogen and oxygen atoms in total. The molecule has 0 fully saturated rings. The van der Waals surface area contributed by atoms with Gasteiger partial charge in [0.15, 0.2) is 0 Å². The van der Waals surface area contributed by atoms with Gasteiger partial charge in [-0.3, -0.25) is 0 Å². The van der Waals surface area contributed by atoms with Gasteiger partial charge < -0.3 is 9.47 Å². The van der Waals surface area contributed by atoms with Gasteiger partial charge in [0.25, 0.3) is 0 Å². The summed E-state index contributed by atoms with van der Waals surface area (Å²) in [6.45, 7) is 21.3. The van der Waals surface area contributed by atoms with E-state index in [-0.39, 0.29) is 29.1 Å². The van der Waals surface area contributed by atoms with Gasteiger partial charge in [-0.1, -0.05) is 117 Å². The minimum absolute atomic E-state index is 0.0797. The highest BCUT2D eigenvalue weighted by atomic mass is 16.6. The van der Waals surface area contributed by atoms with Crippen molar-refractivity contribution in [3.63, 3.8) is 0 Å². The van der Waals surface area contributed by atoms with E-state index in [0.29, 0.717) is 35.8 Å². The maximum Gasteiger partial charge on any atom is 0.336 e. The molecule has 0 heterocycles. The molecule has 4 heteroatoms. The zero-order valence-electron chi connectivity index (χ0n) is 25.6. The number of allylic oxidation sites excluding steroid dienone is 6. The van der Waals surface area contributed by atoms with Crippen LogP contribution in [0.5, 0.6) is 0 Å². The molecule has 4 unspecified atom stereocenters. The van der Waals surface area contributed by atoms with Crippen molar-refractivity contribution in [3.05, 3.63) is 70.9 Å². The Hall–Kier alpha value is -2.62. The SMILES string of the molecule is CC(C)C1=CC=CC(OC(=O)C2=C(C(=O)OC3(C(C)C)C=CC=C(C(C)C)C3)C3C=CC2C3(C)C)(C(C)C)C1. The van der Waals surface area contributed by atoms with Crippen molar-refractivity contribution >= 4 is 11.9 Å². The minimum atomic E-state index is -0.745. The van der Waals surface area contributed by atoms with Crippen molar-refractivity contribution in [1.29, 1.82) is 0 Å². The van der Waals surface area contributed by atoms with E-state index in [2.05, 4.69) is 93.5 Å². The number of ether oxygens (including phenoxy) is 2. The van der Waals surface area contributed by atoms with Gasteiger partial charge in [0.1, 0.15) is 11.2 Å². The summed E-state index contributed by atoms with van der Waals surface area (Å²) in [7, 11) is 0. The van der Waals surface area contributed by atoms with Crippen LogP contribution in [-0.4, -0.2) is 23.1 Å². The lowest BCUT2D eigenvalue weighted by Crippen LogP contribution is -2.42. The van der Waals surface area contributed by atoms with Crippen molar-refractivity contribution in [2.75, 3.05) is 0 Å². The number of esters is 2. The lowest BCUT2D eigenvalue weighted by molar-refractivity contribution is -0.158. The van der Waals surface area contributed by atoms with Gasteiger partial charge in [-0.2, -0.15) is 0 Å². The van der Waals surface area contributed by atoms with Crippen LogP contribution in [-0.2, 0) is 19.1 Å². The summed E-state index contributed by atoms with van der Waals surface area (Å²) < 4.78 is 12.9. The Balaban J connectivity index is 1.70. The van der Waals surface area contributed by atoms with E-state index in [9.17, 15) is 9.59 Å². The van der Waals surface area contributed by atoms with Gasteiger partial charge in [0, 0.05) is 24.7 Å². The van der Waals surface area contributed by atoms with Crippen LogP contribution in [0.1, 0.15) is 82.1 Å². The molecule has 0 amide bonds. The smallest absolute Gasteiger partial charge is 0.336 e. The second kappa shape index (κ2) is 10.4. The third-order valence-electron chi connectivity index (χ3n) is 9.79. The summed E-state index contributed by atoms with van der Waals surface area (Å²) in [5, 5.41) is 0. The summed E-state index contributed by atoms with van der Waals surface area (Å²) in [5.74, 6) is -0.267. The van der Waals surface area contributed by atoms with Crippen molar-refractivity contribution in [1.82, 2.24) is 0 Å². The van der Waals surface area contributed by atoms with Crippen molar-refractivity contribution in [3.8, 4) is 0 Å². The third kappa shape index (κ3) is 5.05. The number of hydrogen-bond acceptors (Lipinski definition) is 4. The van der Waals surface area contributed by atoms with Gasteiger partial charge >= 0.3 is 11.9 Å². The zero-order chi connectivity index (χ0) is 28.9. The monoisotopic (exact) mass is 532 g/mol. The van der Waals surface area contributed by atoms with Crippen LogP contribution in [0.4, 0.5) is 0 Å². The normalized spacial score (nSPS) is 31.0. The fourth-order valence-electron chi connectivity index (χ4n) is 6.62. The van der Waals surface area contributed by atoms with Crippen LogP contribution in [0.2, 0.25) is 0 Å². The van der Waals surface area contributed by atoms with E-state index in [1.807, 2.05) is 24.3 Å². The lowest BCUT2D eigenvalue weighted by atomic mass is 9.77. The number of hydrogen-bond donors (Lipinski definition) is 0. The van der Waals surface area contributed by atoms with E-state index in [1.165, 1.54) is 11.1 Å². The maximum atomic E-state index is 14.1. The average molecular weight is 533 g/mol. The Morgan fingerprint density at radius 1 is 0.692 bits per heavy atom. The van der Waals surface area contributed by atoms with Crippen LogP contribution in [0, 0.1) is 40.9 Å². The molecule has 4 atom stereocenters. The molecule has 0 spiro atoms. The van der Waals surface area contributed by atoms with E-state index in [4.69, 9.17) is 9.47 Å². The predicted octanol–water partition coefficient (Wildman–Crippen LogP) is 8.09. The van der Waals surface area contributed by atoms with E-state index in [0.717, 1.165) is 0 Å². The van der Waals surface area contributed by atoms with Crippen molar-refractivity contribution in [2.45, 2.75) is 93.3 Å². The first-order valence-electron chi connectivity index (χ1n) is 14.8. The van der Waals surface area contributed by atoms with Crippen LogP contribution in [0.25, 0.3) is 0 Å². The fourth-order valence-corrected chi connectivity index (χ4v) is 6.62. The standard InChI is InChI=1S/C35H48O4/c1-21(2)25-13-11-17-34(19-25,23(5)6)38-31(36)29-27-15-16-28(33(27,9)10)30(29)32(37)39-35(24(7)8)18-12-14-26(20-35)22(3)4/h11-18,21-24,27-28H,19-20H2,1-10H3. The largest absolute Gasteiger partial charge is 0.451 e. The molecule has 39 heavy (non-hydrogen) atoms. The molecule has 0 N–H and O–H groups in total. The number of carbonyl (C=O) groups excluding carboxylic acids is 2. The van der Waals surface area contributed by atoms with Crippen LogP contribution in [0.3, 0.4) is 0 Å². The predicted molar refractivity (Wildman–Crippen MR) is 158 cm³/mol. The molecule has 2 bridgehead atoms. The molecule has 4 rings (SSSR count). The highest BCUT2D eigenvalue weighted by Crippen LogP contribution is 2.58. The van der Waals surface area contributed by atoms with Gasteiger partial charge in [0.2, 0.25) is 0 Å². The lowest BCUT2D eigenvalue weighted by Gasteiger charge is -2.39. The molecule has 0 radical (unpaired) electrons. The number of rotatable bonds is 8. The topological polar surface area (TPSA) is 52.6 Å². The average Bonchev–Trinajstić information content (AvgIpc) is 3.28. The Labute approximate surface area is 236 Å². The highest BCUT2D eigenvalue weighted by molar-refractivity contribution is 6.04. The summed E-state index contributed by atoms with van der Waals surface area (Å²) >= 11 is 0. The highest BCUT2D eigenvalue weighted by Gasteiger charge is 2.56. The van der Waals surface area contributed by atoms with Gasteiger partial charge in [0.05, 0.1) is 11.1 Å². The minimum Gasteiger partial charge on any atom is -0.451 e. The van der Waals surface area contributed by atoms with E-state index in [1.54, 1.807) is 0 Å². The maximum absolute atomic E-state index is 14.1. The molecule has 0 saturated heterocycles. The van der Waals surface area contributed by atoms with Crippen LogP contribution < -0.4 is 0 Å². The van der Waals surface area contributed by atoms with Crippen molar-refractivity contribution < 1.29 is 19.1 Å². The fraction of sp³-hybridized carbons (Fsp3) is 0.600. The second-order valence-corrected chi connectivity index (χ2v) is 13.9. The third-order valence-corrected chi connectivity index (χ3v) is 9.79. The second-order valence-electron chi connectivity index (χ2n) is 13.9.